The Balaban J connectivity index is 2.82. The van der Waals surface area contributed by atoms with Crippen molar-refractivity contribution in [2.75, 3.05) is 7.05 Å². The molecule has 0 atom stereocenters. The molecule has 0 aromatic heterocycles. The standard InChI is InChI=1S/C13H17F3N2O/c1-12(2,17-3)11(19)18-8-9-6-4-5-7-10(9)13(14,15)16/h4-7,17H,8H2,1-3H3,(H,18,19). The number of benzene rings is 1. The van der Waals surface area contributed by atoms with Gasteiger partial charge in [-0.1, -0.05) is 18.2 Å². The van der Waals surface area contributed by atoms with E-state index >= 15 is 0 Å². The fraction of sp³-hybridized carbons (Fsp3) is 0.462. The smallest absolute Gasteiger partial charge is 0.350 e. The van der Waals surface area contributed by atoms with Gasteiger partial charge in [0.15, 0.2) is 0 Å². The molecule has 3 nitrogen and oxygen atoms in total. The maximum Gasteiger partial charge on any atom is 0.416 e. The summed E-state index contributed by atoms with van der Waals surface area (Å²) >= 11 is 0. The predicted molar refractivity (Wildman–Crippen MR) is 66.4 cm³/mol. The summed E-state index contributed by atoms with van der Waals surface area (Å²) in [6, 6.07) is 5.20. The first-order valence-corrected chi connectivity index (χ1v) is 5.81. The lowest BCUT2D eigenvalue weighted by atomic mass is 10.0. The minimum absolute atomic E-state index is 0.0512. The summed E-state index contributed by atoms with van der Waals surface area (Å²) in [5.41, 5.74) is -1.50. The predicted octanol–water partition coefficient (Wildman–Crippen LogP) is 2.32. The monoisotopic (exact) mass is 274 g/mol. The average Bonchev–Trinajstić information content (AvgIpc) is 2.35. The summed E-state index contributed by atoms with van der Waals surface area (Å²) in [5, 5.41) is 5.29. The molecule has 0 aliphatic carbocycles. The Hall–Kier alpha value is -1.56. The van der Waals surface area contributed by atoms with E-state index in [0.29, 0.717) is 0 Å². The molecule has 0 saturated carbocycles. The second kappa shape index (κ2) is 5.61. The van der Waals surface area contributed by atoms with Crippen LogP contribution in [0, 0.1) is 0 Å². The van der Waals surface area contributed by atoms with Crippen molar-refractivity contribution >= 4 is 5.91 Å². The topological polar surface area (TPSA) is 41.1 Å². The van der Waals surface area contributed by atoms with E-state index in [-0.39, 0.29) is 18.0 Å². The number of likely N-dealkylation sites (N-methyl/N-ethyl adjacent to an activating group) is 1. The SMILES string of the molecule is CNC(C)(C)C(=O)NCc1ccccc1C(F)(F)F. The number of nitrogens with one attached hydrogen (secondary N) is 2. The molecule has 0 radical (unpaired) electrons. The first-order chi connectivity index (χ1) is 8.68. The minimum Gasteiger partial charge on any atom is -0.350 e. The van der Waals surface area contributed by atoms with Crippen LogP contribution in [-0.4, -0.2) is 18.5 Å². The Kier molecular flexibility index (Phi) is 4.57. The molecule has 19 heavy (non-hydrogen) atoms. The zero-order valence-corrected chi connectivity index (χ0v) is 11.1. The highest BCUT2D eigenvalue weighted by molar-refractivity contribution is 5.85. The van der Waals surface area contributed by atoms with E-state index in [1.807, 2.05) is 0 Å². The summed E-state index contributed by atoms with van der Waals surface area (Å²) < 4.78 is 38.2. The Bertz CT molecular complexity index is 455. The van der Waals surface area contributed by atoms with E-state index in [4.69, 9.17) is 0 Å². The Labute approximate surface area is 110 Å². The fourth-order valence-electron chi connectivity index (χ4n) is 1.46. The summed E-state index contributed by atoms with van der Waals surface area (Å²) in [6.07, 6.45) is -4.42. The van der Waals surface area contributed by atoms with Crippen LogP contribution in [0.2, 0.25) is 0 Å². The second-order valence-electron chi connectivity index (χ2n) is 4.71. The van der Waals surface area contributed by atoms with Crippen molar-refractivity contribution in [2.24, 2.45) is 0 Å². The zero-order chi connectivity index (χ0) is 14.7. The van der Waals surface area contributed by atoms with Crippen LogP contribution in [0.15, 0.2) is 24.3 Å². The molecule has 0 saturated heterocycles. The maximum absolute atomic E-state index is 12.7. The molecule has 0 fully saturated rings. The lowest BCUT2D eigenvalue weighted by Gasteiger charge is -2.23. The summed E-state index contributed by atoms with van der Waals surface area (Å²) in [5.74, 6) is -0.355. The van der Waals surface area contributed by atoms with Gasteiger partial charge >= 0.3 is 6.18 Å². The molecule has 1 amide bonds. The second-order valence-corrected chi connectivity index (χ2v) is 4.71. The van der Waals surface area contributed by atoms with Crippen molar-refractivity contribution in [1.29, 1.82) is 0 Å². The van der Waals surface area contributed by atoms with Gasteiger partial charge in [-0.05, 0) is 32.5 Å². The first kappa shape index (κ1) is 15.5. The highest BCUT2D eigenvalue weighted by Crippen LogP contribution is 2.31. The van der Waals surface area contributed by atoms with Gasteiger partial charge < -0.3 is 10.6 Å². The van der Waals surface area contributed by atoms with E-state index in [9.17, 15) is 18.0 Å². The van der Waals surface area contributed by atoms with Gasteiger partial charge in [-0.2, -0.15) is 13.2 Å². The Morgan fingerprint density at radius 2 is 1.79 bits per heavy atom. The van der Waals surface area contributed by atoms with Crippen LogP contribution >= 0.6 is 0 Å². The number of rotatable bonds is 4. The van der Waals surface area contributed by atoms with E-state index in [0.717, 1.165) is 6.07 Å². The Morgan fingerprint density at radius 3 is 2.32 bits per heavy atom. The number of carbonyl (C=O) groups excluding carboxylic acids is 1. The molecule has 0 bridgehead atoms. The molecule has 2 N–H and O–H groups in total. The van der Waals surface area contributed by atoms with Gasteiger partial charge in [0, 0.05) is 6.54 Å². The van der Waals surface area contributed by atoms with Gasteiger partial charge in [0.25, 0.3) is 0 Å². The molecule has 1 aromatic rings. The van der Waals surface area contributed by atoms with Crippen LogP contribution in [0.4, 0.5) is 13.2 Å². The molecular weight excluding hydrogens is 257 g/mol. The molecule has 0 aliphatic rings. The van der Waals surface area contributed by atoms with Gasteiger partial charge in [-0.3, -0.25) is 4.79 Å². The molecule has 106 valence electrons. The summed E-state index contributed by atoms with van der Waals surface area (Å²) in [6.45, 7) is 3.15. The Morgan fingerprint density at radius 1 is 1.21 bits per heavy atom. The lowest BCUT2D eigenvalue weighted by molar-refractivity contribution is -0.138. The largest absolute Gasteiger partial charge is 0.416 e. The molecule has 0 heterocycles. The van der Waals surface area contributed by atoms with Crippen LogP contribution in [0.5, 0.6) is 0 Å². The number of carbonyl (C=O) groups is 1. The van der Waals surface area contributed by atoms with Crippen molar-refractivity contribution in [3.05, 3.63) is 35.4 Å². The number of hydrogen-bond acceptors (Lipinski definition) is 2. The maximum atomic E-state index is 12.7. The minimum atomic E-state index is -4.42. The number of hydrogen-bond donors (Lipinski definition) is 2. The van der Waals surface area contributed by atoms with Crippen LogP contribution in [0.25, 0.3) is 0 Å². The summed E-state index contributed by atoms with van der Waals surface area (Å²) in [7, 11) is 1.61. The van der Waals surface area contributed by atoms with Crippen molar-refractivity contribution in [2.45, 2.75) is 32.1 Å². The van der Waals surface area contributed by atoms with Crippen LogP contribution in [0.1, 0.15) is 25.0 Å². The highest BCUT2D eigenvalue weighted by atomic mass is 19.4. The van der Waals surface area contributed by atoms with Gasteiger partial charge in [-0.15, -0.1) is 0 Å². The molecule has 0 spiro atoms. The summed E-state index contributed by atoms with van der Waals surface area (Å²) in [4.78, 5) is 11.8. The first-order valence-electron chi connectivity index (χ1n) is 5.81. The van der Waals surface area contributed by atoms with Crippen LogP contribution in [-0.2, 0) is 17.5 Å². The van der Waals surface area contributed by atoms with E-state index < -0.39 is 17.3 Å². The van der Waals surface area contributed by atoms with Crippen molar-refractivity contribution in [1.82, 2.24) is 10.6 Å². The third kappa shape index (κ3) is 3.96. The number of halogens is 3. The average molecular weight is 274 g/mol. The molecule has 0 aliphatic heterocycles. The lowest BCUT2D eigenvalue weighted by Crippen LogP contribution is -2.50. The van der Waals surface area contributed by atoms with Gasteiger partial charge in [0.1, 0.15) is 0 Å². The van der Waals surface area contributed by atoms with Crippen molar-refractivity contribution in [3.63, 3.8) is 0 Å². The van der Waals surface area contributed by atoms with E-state index in [1.54, 1.807) is 20.9 Å². The van der Waals surface area contributed by atoms with Gasteiger partial charge in [0.05, 0.1) is 11.1 Å². The fourth-order valence-corrected chi connectivity index (χ4v) is 1.46. The normalized spacial score (nSPS) is 12.3. The third-order valence-electron chi connectivity index (χ3n) is 2.95. The zero-order valence-electron chi connectivity index (χ0n) is 11.1. The van der Waals surface area contributed by atoms with E-state index in [2.05, 4.69) is 10.6 Å². The molecular formula is C13H17F3N2O. The van der Waals surface area contributed by atoms with Crippen molar-refractivity contribution < 1.29 is 18.0 Å². The molecule has 1 rings (SSSR count). The van der Waals surface area contributed by atoms with Crippen molar-refractivity contribution in [3.8, 4) is 0 Å². The molecule has 0 unspecified atom stereocenters. The third-order valence-corrected chi connectivity index (χ3v) is 2.95. The highest BCUT2D eigenvalue weighted by Gasteiger charge is 2.33. The quantitative estimate of drug-likeness (QED) is 0.884. The number of amides is 1. The molecule has 6 heteroatoms. The van der Waals surface area contributed by atoms with Crippen LogP contribution < -0.4 is 10.6 Å². The number of alkyl halides is 3. The van der Waals surface area contributed by atoms with Gasteiger partial charge in [0.2, 0.25) is 5.91 Å². The van der Waals surface area contributed by atoms with E-state index in [1.165, 1.54) is 18.2 Å². The van der Waals surface area contributed by atoms with Gasteiger partial charge in [-0.25, -0.2) is 0 Å². The molecule has 1 aromatic carbocycles. The van der Waals surface area contributed by atoms with Crippen LogP contribution in [0.3, 0.4) is 0 Å².